The monoisotopic (exact) mass is 667 g/mol. The molecule has 8 nitrogen and oxygen atoms in total. The van der Waals surface area contributed by atoms with Gasteiger partial charge in [0.15, 0.2) is 0 Å². The van der Waals surface area contributed by atoms with E-state index >= 15 is 4.79 Å². The van der Waals surface area contributed by atoms with E-state index in [1.807, 2.05) is 73.7 Å². The molecule has 0 aromatic heterocycles. The summed E-state index contributed by atoms with van der Waals surface area (Å²) < 4.78 is 4.34. The topological polar surface area (TPSA) is 90.4 Å². The molecule has 6 rings (SSSR count). The van der Waals surface area contributed by atoms with Crippen LogP contribution in [-0.4, -0.2) is 76.1 Å². The van der Waals surface area contributed by atoms with Crippen LogP contribution in [0.1, 0.15) is 39.5 Å². The van der Waals surface area contributed by atoms with Crippen LogP contribution in [0.3, 0.4) is 0 Å². The minimum atomic E-state index is -0.766. The van der Waals surface area contributed by atoms with Gasteiger partial charge < -0.3 is 24.5 Å². The van der Waals surface area contributed by atoms with Crippen LogP contribution < -0.4 is 14.5 Å². The summed E-state index contributed by atoms with van der Waals surface area (Å²) in [5, 5.41) is 11.7. The smallest absolute Gasteiger partial charge is 0.251 e. The van der Waals surface area contributed by atoms with Gasteiger partial charge in [0.2, 0.25) is 11.8 Å². The van der Waals surface area contributed by atoms with E-state index in [0.29, 0.717) is 38.1 Å². The first kappa shape index (κ1) is 33.8. The fourth-order valence-electron chi connectivity index (χ4n) is 8.17. The third-order valence-corrected chi connectivity index (χ3v) is 12.2. The number of hydrogen-bond donors (Lipinski definition) is 1. The van der Waals surface area contributed by atoms with Gasteiger partial charge in [0.1, 0.15) is 11.8 Å². The van der Waals surface area contributed by atoms with E-state index in [9.17, 15) is 14.7 Å². The van der Waals surface area contributed by atoms with Gasteiger partial charge in [0.25, 0.3) is 5.91 Å². The zero-order chi connectivity index (χ0) is 34.1. The Kier molecular flexibility index (Phi) is 9.72. The van der Waals surface area contributed by atoms with E-state index in [-0.39, 0.29) is 37.4 Å². The molecule has 9 heteroatoms. The molecule has 0 radical (unpaired) electrons. The Hall–Kier alpha value is -4.08. The molecule has 0 saturated carbocycles. The van der Waals surface area contributed by atoms with E-state index in [1.54, 1.807) is 38.6 Å². The molecule has 3 saturated heterocycles. The van der Waals surface area contributed by atoms with E-state index in [0.717, 1.165) is 28.6 Å². The summed E-state index contributed by atoms with van der Waals surface area (Å²) in [6.07, 6.45) is 5.86. The molecule has 2 bridgehead atoms. The van der Waals surface area contributed by atoms with Crippen molar-refractivity contribution in [3.8, 4) is 5.75 Å². The van der Waals surface area contributed by atoms with Crippen LogP contribution in [0, 0.1) is 11.8 Å². The minimum Gasteiger partial charge on any atom is -0.494 e. The number of carbonyl (C=O) groups excluding carboxylic acids is 3. The zero-order valence-corrected chi connectivity index (χ0v) is 28.7. The number of aliphatic hydroxyl groups excluding tert-OH is 1. The van der Waals surface area contributed by atoms with Gasteiger partial charge in [-0.15, -0.1) is 24.9 Å². The number of anilines is 2. The molecule has 1 spiro atoms. The summed E-state index contributed by atoms with van der Waals surface area (Å²) in [5.74, 6) is -1.01. The molecule has 3 heterocycles. The van der Waals surface area contributed by atoms with Gasteiger partial charge in [0, 0.05) is 42.4 Å². The van der Waals surface area contributed by atoms with E-state index in [1.165, 1.54) is 0 Å². The lowest BCUT2D eigenvalue weighted by molar-refractivity contribution is -0.139. The summed E-state index contributed by atoms with van der Waals surface area (Å²) in [5.41, 5.74) is 1.45. The quantitative estimate of drug-likeness (QED) is 0.162. The molecule has 3 aliphatic rings. The third-order valence-electron chi connectivity index (χ3n) is 10.2. The Bertz CT molecular complexity index is 1710. The summed E-state index contributed by atoms with van der Waals surface area (Å²) in [7, 11) is 0. The molecule has 1 N–H and O–H groups in total. The molecule has 252 valence electrons. The van der Waals surface area contributed by atoms with Crippen molar-refractivity contribution in [1.82, 2.24) is 4.90 Å². The lowest BCUT2D eigenvalue weighted by Crippen LogP contribution is -2.55. The van der Waals surface area contributed by atoms with Crippen molar-refractivity contribution in [1.29, 1.82) is 0 Å². The van der Waals surface area contributed by atoms with Crippen LogP contribution >= 0.6 is 11.8 Å². The largest absolute Gasteiger partial charge is 0.494 e. The average molecular weight is 668 g/mol. The number of unbranched alkanes of at least 4 members (excludes halogenated alkanes) is 1. The number of ether oxygens (including phenoxy) is 1. The van der Waals surface area contributed by atoms with Crippen LogP contribution in [0.5, 0.6) is 5.75 Å². The number of hydrogen-bond acceptors (Lipinski definition) is 6. The SMILES string of the molecule is C=CCN(C(=O)C1N(CCCCO)C(=O)[C@@H]2[C@H](C(=O)N(CC=C)c3ccc(OCC)cc3)[C@]3(C)CCC12S3)c1ccc2ccccc2c1. The summed E-state index contributed by atoms with van der Waals surface area (Å²) >= 11 is 1.67. The second-order valence-electron chi connectivity index (χ2n) is 13.1. The number of amides is 3. The molecule has 3 aromatic rings. The fraction of sp³-hybridized carbons (Fsp3) is 0.410. The normalized spacial score (nSPS) is 25.6. The second kappa shape index (κ2) is 13.8. The van der Waals surface area contributed by atoms with Crippen molar-refractivity contribution in [2.75, 3.05) is 42.6 Å². The number of rotatable bonds is 14. The third kappa shape index (κ3) is 5.71. The fourth-order valence-corrected chi connectivity index (χ4v) is 10.5. The highest BCUT2D eigenvalue weighted by Gasteiger charge is 2.77. The molecular formula is C39H45N3O5S. The maximum absolute atomic E-state index is 15.0. The van der Waals surface area contributed by atoms with Crippen LogP contribution in [-0.2, 0) is 14.4 Å². The van der Waals surface area contributed by atoms with Crippen molar-refractivity contribution >= 4 is 51.6 Å². The lowest BCUT2D eigenvalue weighted by Gasteiger charge is -2.38. The first-order valence-corrected chi connectivity index (χ1v) is 17.7. The van der Waals surface area contributed by atoms with Crippen molar-refractivity contribution in [3.63, 3.8) is 0 Å². The zero-order valence-electron chi connectivity index (χ0n) is 27.8. The first-order valence-electron chi connectivity index (χ1n) is 16.9. The Morgan fingerprint density at radius 2 is 1.62 bits per heavy atom. The summed E-state index contributed by atoms with van der Waals surface area (Å²) in [4.78, 5) is 49.7. The Balaban J connectivity index is 1.40. The number of carbonyl (C=O) groups is 3. The number of thioether (sulfide) groups is 1. The summed E-state index contributed by atoms with van der Waals surface area (Å²) in [6, 6.07) is 20.7. The standard InChI is InChI=1S/C39H45N3O5S/c1-5-22-40(29-16-18-31(19-17-29)47-7-3)35(44)32-33-36(45)42(24-10-11-25-43)34(39(33)21-20-38(32,4)48-39)37(46)41(23-6-2)30-15-14-27-12-8-9-13-28(27)26-30/h5-6,8-9,12-19,26,32-34,43H,1-2,7,10-11,20-25H2,3-4H3/t32-,33+,34?,38+,39?/m1/s1. The van der Waals surface area contributed by atoms with E-state index < -0.39 is 27.4 Å². The van der Waals surface area contributed by atoms with Gasteiger partial charge in [-0.25, -0.2) is 0 Å². The number of nitrogens with zero attached hydrogens (tertiary/aromatic N) is 3. The van der Waals surface area contributed by atoms with Crippen molar-refractivity contribution < 1.29 is 24.2 Å². The predicted octanol–water partition coefficient (Wildman–Crippen LogP) is 6.23. The maximum atomic E-state index is 15.0. The molecule has 3 fully saturated rings. The van der Waals surface area contributed by atoms with Crippen molar-refractivity contribution in [2.45, 2.75) is 55.1 Å². The van der Waals surface area contributed by atoms with Crippen LogP contribution in [0.2, 0.25) is 0 Å². The molecular weight excluding hydrogens is 623 g/mol. The maximum Gasteiger partial charge on any atom is 0.251 e. The van der Waals surface area contributed by atoms with Gasteiger partial charge in [-0.1, -0.05) is 42.5 Å². The number of benzene rings is 3. The van der Waals surface area contributed by atoms with E-state index in [4.69, 9.17) is 4.74 Å². The van der Waals surface area contributed by atoms with Crippen molar-refractivity contribution in [3.05, 3.63) is 92.0 Å². The van der Waals surface area contributed by atoms with Gasteiger partial charge in [-0.3, -0.25) is 14.4 Å². The van der Waals surface area contributed by atoms with Crippen LogP contribution in [0.15, 0.2) is 92.0 Å². The lowest BCUT2D eigenvalue weighted by atomic mass is 9.66. The predicted molar refractivity (Wildman–Crippen MR) is 193 cm³/mol. The minimum absolute atomic E-state index is 0.00141. The van der Waals surface area contributed by atoms with Crippen LogP contribution in [0.25, 0.3) is 10.8 Å². The molecule has 3 aromatic carbocycles. The van der Waals surface area contributed by atoms with Gasteiger partial charge in [0.05, 0.1) is 23.2 Å². The van der Waals surface area contributed by atoms with Gasteiger partial charge in [-0.2, -0.15) is 0 Å². The Morgan fingerprint density at radius 3 is 2.29 bits per heavy atom. The first-order chi connectivity index (χ1) is 23.2. The number of aliphatic hydroxyl groups is 1. The molecule has 5 atom stereocenters. The molecule has 0 aliphatic carbocycles. The number of fused-ring (bicyclic) bond motifs is 2. The highest BCUT2D eigenvalue weighted by Crippen LogP contribution is 2.71. The molecule has 48 heavy (non-hydrogen) atoms. The van der Waals surface area contributed by atoms with Crippen LogP contribution in [0.4, 0.5) is 11.4 Å². The Labute approximate surface area is 287 Å². The average Bonchev–Trinajstić information content (AvgIpc) is 3.66. The second-order valence-corrected chi connectivity index (χ2v) is 15.0. The highest BCUT2D eigenvalue weighted by atomic mass is 32.2. The number of likely N-dealkylation sites (tertiary alicyclic amines) is 1. The molecule has 3 aliphatic heterocycles. The summed E-state index contributed by atoms with van der Waals surface area (Å²) in [6.45, 7) is 13.3. The highest BCUT2D eigenvalue weighted by molar-refractivity contribution is 8.02. The van der Waals surface area contributed by atoms with Crippen molar-refractivity contribution in [2.24, 2.45) is 11.8 Å². The Morgan fingerprint density at radius 1 is 0.958 bits per heavy atom. The van der Waals surface area contributed by atoms with Gasteiger partial charge >= 0.3 is 0 Å². The molecule has 3 amide bonds. The van der Waals surface area contributed by atoms with E-state index in [2.05, 4.69) is 20.1 Å². The molecule has 2 unspecified atom stereocenters. The van der Waals surface area contributed by atoms with Gasteiger partial charge in [-0.05, 0) is 86.7 Å².